The summed E-state index contributed by atoms with van der Waals surface area (Å²) in [7, 11) is 0. The van der Waals surface area contributed by atoms with Crippen molar-refractivity contribution < 1.29 is 9.47 Å². The minimum atomic E-state index is -0.00627. The molecule has 2 aromatic rings. The highest BCUT2D eigenvalue weighted by molar-refractivity contribution is 5.95. The second-order valence-electron chi connectivity index (χ2n) is 4.29. The molecule has 21 heavy (non-hydrogen) atoms. The predicted molar refractivity (Wildman–Crippen MR) is 78.7 cm³/mol. The lowest BCUT2D eigenvalue weighted by molar-refractivity contribution is 0.258. The molecule has 1 aromatic carbocycles. The van der Waals surface area contributed by atoms with Gasteiger partial charge in [-0.05, 0) is 32.0 Å². The summed E-state index contributed by atoms with van der Waals surface area (Å²) in [6.45, 7) is 5.42. The average Bonchev–Trinajstić information content (AvgIpc) is 2.93. The first-order valence-electron chi connectivity index (χ1n) is 6.76. The summed E-state index contributed by atoms with van der Waals surface area (Å²) in [5, 5.41) is 11.6. The lowest BCUT2D eigenvalue weighted by atomic mass is 10.2. The number of nitrogens with two attached hydrogens (primary N) is 1. The van der Waals surface area contributed by atoms with Gasteiger partial charge in [0.2, 0.25) is 0 Å². The van der Waals surface area contributed by atoms with Gasteiger partial charge in [0.25, 0.3) is 0 Å². The Morgan fingerprint density at radius 1 is 1.29 bits per heavy atom. The van der Waals surface area contributed by atoms with Gasteiger partial charge in [0.05, 0.1) is 6.61 Å². The van der Waals surface area contributed by atoms with E-state index in [2.05, 4.69) is 10.1 Å². The smallest absolute Gasteiger partial charge is 0.164 e. The highest BCUT2D eigenvalue weighted by atomic mass is 16.5. The van der Waals surface area contributed by atoms with Gasteiger partial charge in [-0.3, -0.25) is 5.41 Å². The molecule has 1 aromatic heterocycles. The molecule has 0 bridgehead atoms. The van der Waals surface area contributed by atoms with E-state index in [0.717, 1.165) is 12.4 Å². The van der Waals surface area contributed by atoms with E-state index in [9.17, 15) is 0 Å². The summed E-state index contributed by atoms with van der Waals surface area (Å²) in [6.07, 6.45) is 1.50. The van der Waals surface area contributed by atoms with Crippen LogP contribution in [0.15, 0.2) is 24.5 Å². The van der Waals surface area contributed by atoms with Gasteiger partial charge >= 0.3 is 0 Å². The maximum Gasteiger partial charge on any atom is 0.164 e. The largest absolute Gasteiger partial charge is 0.490 e. The number of hydrogen-bond donors (Lipinski definition) is 2. The van der Waals surface area contributed by atoms with Crippen molar-refractivity contribution in [2.45, 2.75) is 27.0 Å². The fourth-order valence-electron chi connectivity index (χ4n) is 1.87. The molecule has 7 heteroatoms. The van der Waals surface area contributed by atoms with Crippen molar-refractivity contribution in [2.24, 2.45) is 5.73 Å². The number of nitrogens with one attached hydrogen (secondary N) is 1. The van der Waals surface area contributed by atoms with Crippen LogP contribution in [0.3, 0.4) is 0 Å². The summed E-state index contributed by atoms with van der Waals surface area (Å²) < 4.78 is 13.1. The standard InChI is InChI=1S/C14H19N5O2/c1-3-19-13(17-9-18-19)8-21-11-6-5-10(14(15)16)7-12(11)20-4-2/h5-7,9H,3-4,8H2,1-2H3,(H3,15,16). The molecule has 0 saturated heterocycles. The van der Waals surface area contributed by atoms with Crippen molar-refractivity contribution in [3.63, 3.8) is 0 Å². The van der Waals surface area contributed by atoms with Crippen LogP contribution in [0.25, 0.3) is 0 Å². The van der Waals surface area contributed by atoms with Crippen LogP contribution in [0.2, 0.25) is 0 Å². The van der Waals surface area contributed by atoms with E-state index in [0.29, 0.717) is 30.3 Å². The van der Waals surface area contributed by atoms with Crippen LogP contribution in [-0.2, 0) is 13.2 Å². The quantitative estimate of drug-likeness (QED) is 0.595. The number of aromatic nitrogens is 3. The normalized spacial score (nSPS) is 10.4. The maximum absolute atomic E-state index is 7.46. The molecule has 2 rings (SSSR count). The second-order valence-corrected chi connectivity index (χ2v) is 4.29. The molecule has 0 aliphatic heterocycles. The zero-order chi connectivity index (χ0) is 15.2. The number of nitrogens with zero attached hydrogens (tertiary/aromatic N) is 3. The van der Waals surface area contributed by atoms with Crippen LogP contribution in [0.5, 0.6) is 11.5 Å². The Balaban J connectivity index is 2.17. The van der Waals surface area contributed by atoms with E-state index in [1.165, 1.54) is 6.33 Å². The molecule has 7 nitrogen and oxygen atoms in total. The Labute approximate surface area is 123 Å². The van der Waals surface area contributed by atoms with E-state index in [-0.39, 0.29) is 5.84 Å². The van der Waals surface area contributed by atoms with Gasteiger partial charge in [-0.1, -0.05) is 0 Å². The number of rotatable bonds is 7. The maximum atomic E-state index is 7.46. The van der Waals surface area contributed by atoms with Crippen LogP contribution in [0.1, 0.15) is 25.2 Å². The van der Waals surface area contributed by atoms with Crippen LogP contribution < -0.4 is 15.2 Å². The molecular formula is C14H19N5O2. The lowest BCUT2D eigenvalue weighted by Gasteiger charge is -2.13. The minimum Gasteiger partial charge on any atom is -0.490 e. The van der Waals surface area contributed by atoms with E-state index in [1.807, 2.05) is 13.8 Å². The topological polar surface area (TPSA) is 99.0 Å². The SMILES string of the molecule is CCOc1cc(C(=N)N)ccc1OCc1ncnn1CC. The second kappa shape index (κ2) is 6.74. The number of hydrogen-bond acceptors (Lipinski definition) is 5. The van der Waals surface area contributed by atoms with Gasteiger partial charge in [-0.2, -0.15) is 5.10 Å². The van der Waals surface area contributed by atoms with Gasteiger partial charge in [0, 0.05) is 12.1 Å². The fourth-order valence-corrected chi connectivity index (χ4v) is 1.87. The Kier molecular flexibility index (Phi) is 4.76. The molecular weight excluding hydrogens is 270 g/mol. The molecule has 0 spiro atoms. The summed E-state index contributed by atoms with van der Waals surface area (Å²) in [5.41, 5.74) is 6.08. The van der Waals surface area contributed by atoms with E-state index >= 15 is 0 Å². The van der Waals surface area contributed by atoms with Gasteiger partial charge in [0.15, 0.2) is 17.3 Å². The zero-order valence-electron chi connectivity index (χ0n) is 12.2. The lowest BCUT2D eigenvalue weighted by Crippen LogP contribution is -2.12. The third-order valence-corrected chi connectivity index (χ3v) is 2.91. The number of benzene rings is 1. The van der Waals surface area contributed by atoms with Crippen LogP contribution in [0, 0.1) is 5.41 Å². The first-order chi connectivity index (χ1) is 10.2. The highest BCUT2D eigenvalue weighted by Crippen LogP contribution is 2.29. The molecule has 0 atom stereocenters. The van der Waals surface area contributed by atoms with Gasteiger partial charge in [0.1, 0.15) is 18.8 Å². The van der Waals surface area contributed by atoms with Crippen LogP contribution in [-0.4, -0.2) is 27.2 Å². The van der Waals surface area contributed by atoms with Crippen molar-refractivity contribution in [1.82, 2.24) is 14.8 Å². The Morgan fingerprint density at radius 2 is 2.10 bits per heavy atom. The minimum absolute atomic E-state index is 0.00627. The Bertz CT molecular complexity index is 624. The van der Waals surface area contributed by atoms with Gasteiger partial charge in [-0.15, -0.1) is 0 Å². The molecule has 1 heterocycles. The number of ether oxygens (including phenoxy) is 2. The molecule has 0 radical (unpaired) electrons. The predicted octanol–water partition coefficient (Wildman–Crippen LogP) is 1.56. The summed E-state index contributed by atoms with van der Waals surface area (Å²) in [5.74, 6) is 1.89. The van der Waals surface area contributed by atoms with Crippen molar-refractivity contribution in [1.29, 1.82) is 5.41 Å². The molecule has 112 valence electrons. The first-order valence-corrected chi connectivity index (χ1v) is 6.76. The molecule has 0 saturated carbocycles. The molecule has 0 aliphatic carbocycles. The van der Waals surface area contributed by atoms with Crippen LogP contribution in [0.4, 0.5) is 0 Å². The van der Waals surface area contributed by atoms with Gasteiger partial charge < -0.3 is 15.2 Å². The third-order valence-electron chi connectivity index (χ3n) is 2.91. The molecule has 3 N–H and O–H groups in total. The summed E-state index contributed by atoms with van der Waals surface area (Å²) >= 11 is 0. The van der Waals surface area contributed by atoms with E-state index in [1.54, 1.807) is 22.9 Å². The number of nitrogen functional groups attached to an aromatic ring is 1. The fraction of sp³-hybridized carbons (Fsp3) is 0.357. The van der Waals surface area contributed by atoms with Crippen molar-refractivity contribution in [3.8, 4) is 11.5 Å². The number of aryl methyl sites for hydroxylation is 1. The third kappa shape index (κ3) is 3.50. The monoisotopic (exact) mass is 289 g/mol. The molecule has 0 aliphatic rings. The Hall–Kier alpha value is -2.57. The molecule has 0 amide bonds. The number of amidine groups is 1. The van der Waals surface area contributed by atoms with Crippen molar-refractivity contribution in [3.05, 3.63) is 35.9 Å². The van der Waals surface area contributed by atoms with Crippen LogP contribution >= 0.6 is 0 Å². The molecule has 0 fully saturated rings. The zero-order valence-corrected chi connectivity index (χ0v) is 12.2. The average molecular weight is 289 g/mol. The Morgan fingerprint density at radius 3 is 2.76 bits per heavy atom. The highest BCUT2D eigenvalue weighted by Gasteiger charge is 2.10. The first kappa shape index (κ1) is 14.8. The van der Waals surface area contributed by atoms with E-state index in [4.69, 9.17) is 20.6 Å². The summed E-state index contributed by atoms with van der Waals surface area (Å²) in [4.78, 5) is 4.16. The van der Waals surface area contributed by atoms with Crippen molar-refractivity contribution >= 4 is 5.84 Å². The van der Waals surface area contributed by atoms with Crippen molar-refractivity contribution in [2.75, 3.05) is 6.61 Å². The van der Waals surface area contributed by atoms with E-state index < -0.39 is 0 Å². The summed E-state index contributed by atoms with van der Waals surface area (Å²) in [6, 6.07) is 5.17. The molecule has 0 unspecified atom stereocenters. The van der Waals surface area contributed by atoms with Gasteiger partial charge in [-0.25, -0.2) is 9.67 Å².